The number of aromatic nitrogens is 1. The molecule has 0 aliphatic rings. The average Bonchev–Trinajstić information content (AvgIpc) is 2.70. The molecule has 0 atom stereocenters. The fourth-order valence-electron chi connectivity index (χ4n) is 3.93. The molecule has 0 aliphatic heterocycles. The largest absolute Gasteiger partial charge is 0.423 e. The number of carbonyl (C=O) groups is 1. The van der Waals surface area contributed by atoms with E-state index < -0.39 is 0 Å². The summed E-state index contributed by atoms with van der Waals surface area (Å²) in [5.74, 6) is 0.146. The van der Waals surface area contributed by atoms with Crippen molar-refractivity contribution in [1.82, 2.24) is 4.98 Å². The third-order valence-corrected chi connectivity index (χ3v) is 5.89. The molecule has 0 saturated carbocycles. The Morgan fingerprint density at radius 3 is 2.35 bits per heavy atom. The lowest BCUT2D eigenvalue weighted by Gasteiger charge is -2.16. The highest BCUT2D eigenvalue weighted by Crippen LogP contribution is 2.33. The summed E-state index contributed by atoms with van der Waals surface area (Å²) in [6.07, 6.45) is 0. The molecular weight excluding hydrogens is 406 g/mol. The van der Waals surface area contributed by atoms with Crippen molar-refractivity contribution in [1.29, 1.82) is 0 Å². The van der Waals surface area contributed by atoms with Crippen molar-refractivity contribution in [2.45, 2.75) is 34.6 Å². The molecule has 0 N–H and O–H groups in total. The van der Waals surface area contributed by atoms with Crippen LogP contribution in [0.2, 0.25) is 5.02 Å². The van der Waals surface area contributed by atoms with Crippen LogP contribution in [0.15, 0.2) is 54.6 Å². The summed E-state index contributed by atoms with van der Waals surface area (Å²) in [6, 6.07) is 17.3. The molecule has 1 aromatic heterocycles. The molecule has 3 nitrogen and oxygen atoms in total. The van der Waals surface area contributed by atoms with E-state index in [1.807, 2.05) is 83.1 Å². The van der Waals surface area contributed by atoms with Crippen molar-refractivity contribution in [3.63, 3.8) is 0 Å². The summed E-state index contributed by atoms with van der Waals surface area (Å²) in [5, 5.41) is 1.42. The van der Waals surface area contributed by atoms with E-state index in [0.717, 1.165) is 50.0 Å². The molecule has 3 aromatic carbocycles. The lowest BCUT2D eigenvalue weighted by molar-refractivity contribution is 0.0736. The van der Waals surface area contributed by atoms with Crippen LogP contribution in [0.3, 0.4) is 0 Å². The number of aryl methyl sites for hydroxylation is 4. The molecule has 0 fully saturated rings. The van der Waals surface area contributed by atoms with E-state index in [-0.39, 0.29) is 5.97 Å². The minimum absolute atomic E-state index is 0.388. The Balaban J connectivity index is 1.94. The molecular formula is C27H24ClNO2. The molecule has 0 bridgehead atoms. The van der Waals surface area contributed by atoms with E-state index in [9.17, 15) is 4.79 Å². The number of ether oxygens (including phenoxy) is 1. The summed E-state index contributed by atoms with van der Waals surface area (Å²) in [7, 11) is 0. The summed E-state index contributed by atoms with van der Waals surface area (Å²) in [6.45, 7) is 9.98. The van der Waals surface area contributed by atoms with Gasteiger partial charge in [-0.2, -0.15) is 0 Å². The third-order valence-electron chi connectivity index (χ3n) is 5.66. The molecule has 0 radical (unpaired) electrons. The van der Waals surface area contributed by atoms with Crippen LogP contribution >= 0.6 is 11.6 Å². The van der Waals surface area contributed by atoms with Crippen LogP contribution in [0.4, 0.5) is 0 Å². The Morgan fingerprint density at radius 1 is 0.871 bits per heavy atom. The maximum atomic E-state index is 13.4. The van der Waals surface area contributed by atoms with Crippen molar-refractivity contribution in [2.24, 2.45) is 0 Å². The molecule has 4 heteroatoms. The van der Waals surface area contributed by atoms with E-state index in [0.29, 0.717) is 16.3 Å². The average molecular weight is 430 g/mol. The molecule has 1 heterocycles. The van der Waals surface area contributed by atoms with Gasteiger partial charge in [0.1, 0.15) is 5.75 Å². The highest BCUT2D eigenvalue weighted by Gasteiger charge is 2.22. The van der Waals surface area contributed by atoms with Gasteiger partial charge in [-0.25, -0.2) is 9.78 Å². The smallest absolute Gasteiger partial charge is 0.344 e. The van der Waals surface area contributed by atoms with E-state index >= 15 is 0 Å². The quantitative estimate of drug-likeness (QED) is 0.253. The topological polar surface area (TPSA) is 39.2 Å². The van der Waals surface area contributed by atoms with Gasteiger partial charge in [-0.05, 0) is 87.2 Å². The van der Waals surface area contributed by atoms with Gasteiger partial charge in [-0.15, -0.1) is 0 Å². The second-order valence-corrected chi connectivity index (χ2v) is 8.52. The molecule has 0 unspecified atom stereocenters. The van der Waals surface area contributed by atoms with Gasteiger partial charge in [0.25, 0.3) is 0 Å². The van der Waals surface area contributed by atoms with Crippen LogP contribution in [-0.2, 0) is 0 Å². The van der Waals surface area contributed by atoms with Crippen molar-refractivity contribution < 1.29 is 9.53 Å². The molecule has 31 heavy (non-hydrogen) atoms. The van der Waals surface area contributed by atoms with Crippen molar-refractivity contribution in [2.75, 3.05) is 0 Å². The summed E-state index contributed by atoms with van der Waals surface area (Å²) in [5.41, 5.74) is 8.01. The first kappa shape index (κ1) is 21.1. The normalized spacial score (nSPS) is 11.0. The Morgan fingerprint density at radius 2 is 1.65 bits per heavy atom. The number of pyridine rings is 1. The zero-order chi connectivity index (χ0) is 22.3. The molecule has 4 rings (SSSR count). The SMILES string of the molecule is Cc1cc(C)c2nc(-c3cccc(Cl)c3)c(C)c(C(=O)Oc3ccc(C)c(C)c3)c2c1. The second-order valence-electron chi connectivity index (χ2n) is 8.08. The first-order valence-electron chi connectivity index (χ1n) is 10.2. The standard InChI is InChI=1S/C27H24ClNO2/c1-15-11-18(4)25-23(12-15)24(27(30)31-22-10-9-16(2)17(3)13-22)19(5)26(29-25)20-7-6-8-21(28)14-20/h6-14H,1-5H3. The molecule has 4 aromatic rings. The highest BCUT2D eigenvalue weighted by atomic mass is 35.5. The van der Waals surface area contributed by atoms with E-state index in [1.54, 1.807) is 0 Å². The number of esters is 1. The maximum Gasteiger partial charge on any atom is 0.344 e. The maximum absolute atomic E-state index is 13.4. The predicted octanol–water partition coefficient (Wildman–Crippen LogP) is 7.32. The van der Waals surface area contributed by atoms with E-state index in [4.69, 9.17) is 21.3 Å². The summed E-state index contributed by atoms with van der Waals surface area (Å²) >= 11 is 6.24. The van der Waals surface area contributed by atoms with Crippen LogP contribution in [0.5, 0.6) is 5.75 Å². The summed E-state index contributed by atoms with van der Waals surface area (Å²) < 4.78 is 5.83. The van der Waals surface area contributed by atoms with Crippen LogP contribution in [0.25, 0.3) is 22.2 Å². The Labute approximate surface area is 187 Å². The minimum Gasteiger partial charge on any atom is -0.423 e. The zero-order valence-electron chi connectivity index (χ0n) is 18.3. The van der Waals surface area contributed by atoms with E-state index in [1.165, 1.54) is 0 Å². The zero-order valence-corrected chi connectivity index (χ0v) is 19.1. The van der Waals surface area contributed by atoms with Gasteiger partial charge in [0, 0.05) is 16.0 Å². The Hall–Kier alpha value is -3.17. The van der Waals surface area contributed by atoms with Gasteiger partial charge >= 0.3 is 5.97 Å². The van der Waals surface area contributed by atoms with Crippen molar-refractivity contribution in [3.8, 4) is 17.0 Å². The van der Waals surface area contributed by atoms with Crippen molar-refractivity contribution >= 4 is 28.5 Å². The Bertz CT molecular complexity index is 1340. The van der Waals surface area contributed by atoms with Crippen LogP contribution in [0, 0.1) is 34.6 Å². The summed E-state index contributed by atoms with van der Waals surface area (Å²) in [4.78, 5) is 18.4. The lowest BCUT2D eigenvalue weighted by atomic mass is 9.95. The van der Waals surface area contributed by atoms with Crippen LogP contribution in [0.1, 0.15) is 38.2 Å². The van der Waals surface area contributed by atoms with E-state index in [2.05, 4.69) is 6.07 Å². The molecule has 156 valence electrons. The van der Waals surface area contributed by atoms with Crippen LogP contribution in [-0.4, -0.2) is 11.0 Å². The lowest BCUT2D eigenvalue weighted by Crippen LogP contribution is -2.13. The monoisotopic (exact) mass is 429 g/mol. The first-order chi connectivity index (χ1) is 14.7. The number of fused-ring (bicyclic) bond motifs is 1. The first-order valence-corrected chi connectivity index (χ1v) is 10.6. The van der Waals surface area contributed by atoms with Gasteiger partial charge in [-0.1, -0.05) is 41.4 Å². The molecule has 0 aliphatic carbocycles. The van der Waals surface area contributed by atoms with Gasteiger partial charge in [0.2, 0.25) is 0 Å². The number of hydrogen-bond acceptors (Lipinski definition) is 3. The van der Waals surface area contributed by atoms with Gasteiger partial charge in [0.15, 0.2) is 0 Å². The van der Waals surface area contributed by atoms with Crippen LogP contribution < -0.4 is 4.74 Å². The minimum atomic E-state index is -0.388. The predicted molar refractivity (Wildman–Crippen MR) is 127 cm³/mol. The van der Waals surface area contributed by atoms with Crippen molar-refractivity contribution in [3.05, 3.63) is 93.0 Å². The second kappa shape index (κ2) is 8.16. The number of benzene rings is 3. The fraction of sp³-hybridized carbons (Fsp3) is 0.185. The molecule has 0 spiro atoms. The van der Waals surface area contributed by atoms with Gasteiger partial charge in [-0.3, -0.25) is 0 Å². The number of hydrogen-bond donors (Lipinski definition) is 0. The van der Waals surface area contributed by atoms with Gasteiger partial charge in [0.05, 0.1) is 16.8 Å². The molecule has 0 saturated heterocycles. The number of nitrogens with zero attached hydrogens (tertiary/aromatic N) is 1. The van der Waals surface area contributed by atoms with Gasteiger partial charge < -0.3 is 4.74 Å². The molecule has 0 amide bonds. The highest BCUT2D eigenvalue weighted by molar-refractivity contribution is 6.30. The third kappa shape index (κ3) is 4.06. The number of rotatable bonds is 3. The fourth-order valence-corrected chi connectivity index (χ4v) is 4.12. The number of carbonyl (C=O) groups excluding carboxylic acids is 1. The Kier molecular flexibility index (Phi) is 5.55. The number of halogens is 1.